The molecule has 1 aromatic rings. The molecule has 1 aliphatic heterocycles. The van der Waals surface area contributed by atoms with E-state index in [9.17, 15) is 5.26 Å². The van der Waals surface area contributed by atoms with Crippen molar-refractivity contribution in [1.82, 2.24) is 4.90 Å². The van der Waals surface area contributed by atoms with E-state index in [-0.39, 0.29) is 12.1 Å². The molecule has 16 heavy (non-hydrogen) atoms. The summed E-state index contributed by atoms with van der Waals surface area (Å²) in [4.78, 5) is 2.18. The van der Waals surface area contributed by atoms with Gasteiger partial charge in [-0.05, 0) is 12.5 Å². The highest BCUT2D eigenvalue weighted by Crippen LogP contribution is 2.21. The van der Waals surface area contributed by atoms with Gasteiger partial charge in [0.15, 0.2) is 0 Å². The number of rotatable bonds is 2. The molecule has 0 radical (unpaired) electrons. The van der Waals surface area contributed by atoms with Crippen molar-refractivity contribution >= 4 is 0 Å². The molecular weight excluding hydrogens is 200 g/mol. The lowest BCUT2D eigenvalue weighted by atomic mass is 10.1. The fourth-order valence-corrected chi connectivity index (χ4v) is 2.08. The maximum Gasteiger partial charge on any atom is 0.124 e. The molecular formula is C13H16N2O. The molecule has 1 aromatic carbocycles. The topological polar surface area (TPSA) is 36.3 Å². The summed E-state index contributed by atoms with van der Waals surface area (Å²) in [5.41, 5.74) is 1.07. The molecule has 0 amide bonds. The third-order valence-corrected chi connectivity index (χ3v) is 2.88. The molecule has 0 unspecified atom stereocenters. The SMILES string of the molecule is C[C@@H]1CN([C@H](C#N)c2ccccc2)CCO1. The fourth-order valence-electron chi connectivity index (χ4n) is 2.08. The van der Waals surface area contributed by atoms with Crippen LogP contribution in [0.15, 0.2) is 30.3 Å². The molecule has 1 fully saturated rings. The minimum atomic E-state index is -0.146. The number of hydrogen-bond acceptors (Lipinski definition) is 3. The summed E-state index contributed by atoms with van der Waals surface area (Å²) >= 11 is 0. The van der Waals surface area contributed by atoms with Crippen LogP contribution in [0.3, 0.4) is 0 Å². The molecule has 2 atom stereocenters. The van der Waals surface area contributed by atoms with E-state index in [0.29, 0.717) is 6.61 Å². The molecule has 0 aliphatic carbocycles. The molecule has 0 saturated carbocycles. The lowest BCUT2D eigenvalue weighted by Crippen LogP contribution is -2.42. The number of hydrogen-bond donors (Lipinski definition) is 0. The first-order chi connectivity index (χ1) is 7.81. The van der Waals surface area contributed by atoms with Crippen molar-refractivity contribution < 1.29 is 4.74 Å². The number of ether oxygens (including phenoxy) is 1. The minimum absolute atomic E-state index is 0.146. The summed E-state index contributed by atoms with van der Waals surface area (Å²) in [6.07, 6.45) is 0.216. The molecule has 0 bridgehead atoms. The van der Waals surface area contributed by atoms with E-state index in [4.69, 9.17) is 4.74 Å². The molecule has 1 aliphatic rings. The summed E-state index contributed by atoms with van der Waals surface area (Å²) in [6, 6.07) is 12.2. The Bertz CT molecular complexity index is 371. The first kappa shape index (κ1) is 11.1. The van der Waals surface area contributed by atoms with Crippen molar-refractivity contribution in [3.05, 3.63) is 35.9 Å². The third kappa shape index (κ3) is 2.41. The van der Waals surface area contributed by atoms with Crippen LogP contribution in [0.2, 0.25) is 0 Å². The van der Waals surface area contributed by atoms with Crippen molar-refractivity contribution in [2.24, 2.45) is 0 Å². The van der Waals surface area contributed by atoms with Gasteiger partial charge in [0.05, 0.1) is 18.8 Å². The summed E-state index contributed by atoms with van der Waals surface area (Å²) in [5, 5.41) is 9.29. The van der Waals surface area contributed by atoms with E-state index in [2.05, 4.69) is 11.0 Å². The van der Waals surface area contributed by atoms with E-state index in [1.54, 1.807) is 0 Å². The highest BCUT2D eigenvalue weighted by molar-refractivity contribution is 5.24. The Hall–Kier alpha value is -1.37. The molecule has 84 valence electrons. The second kappa shape index (κ2) is 5.11. The zero-order valence-electron chi connectivity index (χ0n) is 9.47. The van der Waals surface area contributed by atoms with E-state index in [1.165, 1.54) is 0 Å². The van der Waals surface area contributed by atoms with Crippen LogP contribution in [0.25, 0.3) is 0 Å². The summed E-state index contributed by atoms with van der Waals surface area (Å²) in [5.74, 6) is 0. The fraction of sp³-hybridized carbons (Fsp3) is 0.462. The first-order valence-corrected chi connectivity index (χ1v) is 5.61. The van der Waals surface area contributed by atoms with Gasteiger partial charge in [-0.15, -0.1) is 0 Å². The Morgan fingerprint density at radius 3 is 2.81 bits per heavy atom. The predicted octanol–water partition coefficient (Wildman–Crippen LogP) is 1.97. The van der Waals surface area contributed by atoms with Crippen LogP contribution < -0.4 is 0 Å². The van der Waals surface area contributed by atoms with Crippen LogP contribution in [-0.4, -0.2) is 30.7 Å². The van der Waals surface area contributed by atoms with Crippen LogP contribution in [0.5, 0.6) is 0 Å². The quantitative estimate of drug-likeness (QED) is 0.758. The highest BCUT2D eigenvalue weighted by atomic mass is 16.5. The molecule has 2 rings (SSSR count). The number of nitriles is 1. The van der Waals surface area contributed by atoms with Gasteiger partial charge in [0.1, 0.15) is 6.04 Å². The van der Waals surface area contributed by atoms with E-state index in [0.717, 1.165) is 18.7 Å². The lowest BCUT2D eigenvalue weighted by Gasteiger charge is -2.34. The van der Waals surface area contributed by atoms with Gasteiger partial charge in [0, 0.05) is 13.1 Å². The third-order valence-electron chi connectivity index (χ3n) is 2.88. The molecule has 1 saturated heterocycles. The van der Waals surface area contributed by atoms with Crippen LogP contribution in [0.4, 0.5) is 0 Å². The average Bonchev–Trinajstić information content (AvgIpc) is 2.31. The van der Waals surface area contributed by atoms with Crippen molar-refractivity contribution in [1.29, 1.82) is 5.26 Å². The lowest BCUT2D eigenvalue weighted by molar-refractivity contribution is -0.0269. The number of benzene rings is 1. The second-order valence-corrected chi connectivity index (χ2v) is 4.12. The average molecular weight is 216 g/mol. The van der Waals surface area contributed by atoms with Gasteiger partial charge in [0.25, 0.3) is 0 Å². The Morgan fingerprint density at radius 1 is 1.44 bits per heavy atom. The minimum Gasteiger partial charge on any atom is -0.376 e. The van der Waals surface area contributed by atoms with Crippen LogP contribution in [0, 0.1) is 11.3 Å². The highest BCUT2D eigenvalue weighted by Gasteiger charge is 2.24. The zero-order chi connectivity index (χ0) is 11.4. The standard InChI is InChI=1S/C13H16N2O/c1-11-10-15(7-8-16-11)13(9-14)12-5-3-2-4-6-12/h2-6,11,13H,7-8,10H2,1H3/t11-,13-/m1/s1. The molecule has 0 N–H and O–H groups in total. The van der Waals surface area contributed by atoms with Crippen LogP contribution in [-0.2, 0) is 4.74 Å². The smallest absolute Gasteiger partial charge is 0.124 e. The first-order valence-electron chi connectivity index (χ1n) is 5.61. The normalized spacial score (nSPS) is 23.6. The van der Waals surface area contributed by atoms with E-state index >= 15 is 0 Å². The molecule has 3 nitrogen and oxygen atoms in total. The van der Waals surface area contributed by atoms with Crippen molar-refractivity contribution in [3.63, 3.8) is 0 Å². The monoisotopic (exact) mass is 216 g/mol. The molecule has 3 heteroatoms. The molecule has 1 heterocycles. The van der Waals surface area contributed by atoms with Gasteiger partial charge < -0.3 is 4.74 Å². The Morgan fingerprint density at radius 2 is 2.19 bits per heavy atom. The van der Waals surface area contributed by atoms with Crippen molar-refractivity contribution in [2.75, 3.05) is 19.7 Å². The molecule has 0 spiro atoms. The van der Waals surface area contributed by atoms with Crippen LogP contribution in [0.1, 0.15) is 18.5 Å². The van der Waals surface area contributed by atoms with E-state index < -0.39 is 0 Å². The Balaban J connectivity index is 2.14. The summed E-state index contributed by atoms with van der Waals surface area (Å²) < 4.78 is 5.49. The van der Waals surface area contributed by atoms with E-state index in [1.807, 2.05) is 37.3 Å². The Kier molecular flexibility index (Phi) is 3.55. The van der Waals surface area contributed by atoms with Gasteiger partial charge in [-0.1, -0.05) is 30.3 Å². The van der Waals surface area contributed by atoms with Gasteiger partial charge in [-0.2, -0.15) is 5.26 Å². The predicted molar refractivity (Wildman–Crippen MR) is 61.8 cm³/mol. The van der Waals surface area contributed by atoms with Gasteiger partial charge in [0.2, 0.25) is 0 Å². The Labute approximate surface area is 96.2 Å². The summed E-state index contributed by atoms with van der Waals surface area (Å²) in [6.45, 7) is 4.42. The maximum absolute atomic E-state index is 9.29. The van der Waals surface area contributed by atoms with Gasteiger partial charge in [-0.25, -0.2) is 0 Å². The van der Waals surface area contributed by atoms with Gasteiger partial charge >= 0.3 is 0 Å². The summed E-state index contributed by atoms with van der Waals surface area (Å²) in [7, 11) is 0. The van der Waals surface area contributed by atoms with Crippen molar-refractivity contribution in [3.8, 4) is 6.07 Å². The largest absolute Gasteiger partial charge is 0.376 e. The zero-order valence-corrected chi connectivity index (χ0v) is 9.47. The number of nitrogens with zero attached hydrogens (tertiary/aromatic N) is 2. The van der Waals surface area contributed by atoms with Crippen LogP contribution >= 0.6 is 0 Å². The second-order valence-electron chi connectivity index (χ2n) is 4.12. The van der Waals surface area contributed by atoms with Gasteiger partial charge in [-0.3, -0.25) is 4.90 Å². The maximum atomic E-state index is 9.29. The molecule has 0 aromatic heterocycles. The van der Waals surface area contributed by atoms with Crippen molar-refractivity contribution in [2.45, 2.75) is 19.1 Å². The number of morpholine rings is 1.